The molecule has 0 spiro atoms. The summed E-state index contributed by atoms with van der Waals surface area (Å²) < 4.78 is 5.65. The Morgan fingerprint density at radius 2 is 1.94 bits per heavy atom. The molecule has 0 amide bonds. The molecular weight excluding hydrogens is 216 g/mol. The number of benzene rings is 1. The molecule has 0 unspecified atom stereocenters. The van der Waals surface area contributed by atoms with Crippen LogP contribution in [0.3, 0.4) is 0 Å². The average Bonchev–Trinajstić information content (AvgIpc) is 2.33. The molecule has 1 aromatic heterocycles. The van der Waals surface area contributed by atoms with E-state index in [4.69, 9.17) is 10.5 Å². The highest BCUT2D eigenvalue weighted by molar-refractivity contribution is 5.73. The van der Waals surface area contributed by atoms with E-state index < -0.39 is 0 Å². The summed E-state index contributed by atoms with van der Waals surface area (Å²) in [6.07, 6.45) is 2.19. The summed E-state index contributed by atoms with van der Waals surface area (Å²) in [4.78, 5) is 4.32. The summed E-state index contributed by atoms with van der Waals surface area (Å²) in [6, 6.07) is 7.99. The van der Waals surface area contributed by atoms with Gasteiger partial charge in [0, 0.05) is 0 Å². The molecular formula is C12H14N4O. The Morgan fingerprint density at radius 3 is 2.71 bits per heavy atom. The van der Waals surface area contributed by atoms with Gasteiger partial charge in [-0.2, -0.15) is 4.98 Å². The van der Waals surface area contributed by atoms with E-state index >= 15 is 0 Å². The molecule has 2 aromatic rings. The highest BCUT2D eigenvalue weighted by Crippen LogP contribution is 2.29. The predicted octanol–water partition coefficient (Wildman–Crippen LogP) is 1.14. The second kappa shape index (κ2) is 4.25. The molecule has 0 bridgehead atoms. The lowest BCUT2D eigenvalue weighted by Gasteiger charge is -2.33. The molecule has 17 heavy (non-hydrogen) atoms. The Balaban J connectivity index is 1.73. The minimum absolute atomic E-state index is 0.200. The van der Waals surface area contributed by atoms with Crippen LogP contribution in [0.5, 0.6) is 6.01 Å². The van der Waals surface area contributed by atoms with Crippen LogP contribution in [0.2, 0.25) is 0 Å². The maximum absolute atomic E-state index is 5.65. The van der Waals surface area contributed by atoms with Crippen LogP contribution in [0.25, 0.3) is 11.0 Å². The third-order valence-electron chi connectivity index (χ3n) is 3.14. The lowest BCUT2D eigenvalue weighted by Crippen LogP contribution is -2.38. The Hall–Kier alpha value is -1.75. The molecule has 2 N–H and O–H groups in total. The summed E-state index contributed by atoms with van der Waals surface area (Å²) in [6.45, 7) is 0.733. The Kier molecular flexibility index (Phi) is 2.60. The number of fused-ring (bicyclic) bond motifs is 1. The van der Waals surface area contributed by atoms with Crippen LogP contribution in [0.1, 0.15) is 12.8 Å². The summed E-state index contributed by atoms with van der Waals surface area (Å²) in [5.74, 6) is 0.591. The minimum Gasteiger partial charge on any atom is -0.459 e. The molecule has 1 saturated carbocycles. The highest BCUT2D eigenvalue weighted by atomic mass is 16.5. The number of hydrogen-bond acceptors (Lipinski definition) is 5. The fourth-order valence-electron chi connectivity index (χ4n) is 2.03. The normalized spacial score (nSPS) is 23.4. The first-order valence-electron chi connectivity index (χ1n) is 5.81. The second-order valence-electron chi connectivity index (χ2n) is 4.40. The van der Waals surface area contributed by atoms with Crippen molar-refractivity contribution in [3.8, 4) is 6.01 Å². The number of ether oxygens (including phenoxy) is 1. The minimum atomic E-state index is 0.200. The van der Waals surface area contributed by atoms with Crippen molar-refractivity contribution in [2.75, 3.05) is 6.54 Å². The van der Waals surface area contributed by atoms with Crippen molar-refractivity contribution >= 4 is 11.0 Å². The summed E-state index contributed by atoms with van der Waals surface area (Å²) in [5.41, 5.74) is 7.16. The van der Waals surface area contributed by atoms with Gasteiger partial charge in [-0.05, 0) is 37.4 Å². The third-order valence-corrected chi connectivity index (χ3v) is 3.14. The van der Waals surface area contributed by atoms with Crippen LogP contribution < -0.4 is 10.5 Å². The number of nitrogens with zero attached hydrogens (tertiary/aromatic N) is 3. The number of nitrogens with two attached hydrogens (primary N) is 1. The van der Waals surface area contributed by atoms with Crippen molar-refractivity contribution in [1.29, 1.82) is 0 Å². The average molecular weight is 230 g/mol. The van der Waals surface area contributed by atoms with Crippen LogP contribution >= 0.6 is 0 Å². The van der Waals surface area contributed by atoms with Gasteiger partial charge in [0.05, 0.1) is 5.52 Å². The van der Waals surface area contributed by atoms with Gasteiger partial charge in [-0.15, -0.1) is 5.10 Å². The maximum Gasteiger partial charge on any atom is 0.336 e. The first kappa shape index (κ1) is 10.4. The zero-order chi connectivity index (χ0) is 11.7. The smallest absolute Gasteiger partial charge is 0.336 e. The molecule has 1 aromatic carbocycles. The van der Waals surface area contributed by atoms with Crippen LogP contribution in [0.4, 0.5) is 0 Å². The summed E-state index contributed by atoms with van der Waals surface area (Å²) in [5, 5.41) is 8.03. The van der Waals surface area contributed by atoms with Crippen molar-refractivity contribution in [1.82, 2.24) is 15.2 Å². The molecule has 1 heterocycles. The second-order valence-corrected chi connectivity index (χ2v) is 4.40. The van der Waals surface area contributed by atoms with E-state index in [9.17, 15) is 0 Å². The Labute approximate surface area is 99.0 Å². The van der Waals surface area contributed by atoms with E-state index in [1.165, 1.54) is 0 Å². The fraction of sp³-hybridized carbons (Fsp3) is 0.417. The lowest BCUT2D eigenvalue weighted by atomic mass is 9.82. The van der Waals surface area contributed by atoms with Gasteiger partial charge in [-0.3, -0.25) is 0 Å². The lowest BCUT2D eigenvalue weighted by molar-refractivity contribution is 0.0597. The molecule has 1 aliphatic carbocycles. The van der Waals surface area contributed by atoms with Gasteiger partial charge >= 0.3 is 6.01 Å². The predicted molar refractivity (Wildman–Crippen MR) is 63.5 cm³/mol. The van der Waals surface area contributed by atoms with Crippen molar-refractivity contribution in [2.45, 2.75) is 18.9 Å². The number of para-hydroxylation sites is 1. The molecule has 5 nitrogen and oxygen atoms in total. The van der Waals surface area contributed by atoms with Crippen molar-refractivity contribution < 1.29 is 4.74 Å². The first-order valence-corrected chi connectivity index (χ1v) is 5.81. The molecule has 1 aliphatic rings. The zero-order valence-corrected chi connectivity index (χ0v) is 9.41. The van der Waals surface area contributed by atoms with E-state index in [1.807, 2.05) is 24.3 Å². The fourth-order valence-corrected chi connectivity index (χ4v) is 2.03. The standard InChI is InChI=1S/C12H14N4O/c13-7-8-5-9(6-8)17-12-14-10-3-1-2-4-11(10)15-16-12/h1-4,8-9H,5-7,13H2. The summed E-state index contributed by atoms with van der Waals surface area (Å²) >= 11 is 0. The van der Waals surface area contributed by atoms with Gasteiger partial charge < -0.3 is 10.5 Å². The van der Waals surface area contributed by atoms with Gasteiger partial charge in [0.25, 0.3) is 0 Å². The van der Waals surface area contributed by atoms with E-state index in [1.54, 1.807) is 0 Å². The Morgan fingerprint density at radius 1 is 1.18 bits per heavy atom. The van der Waals surface area contributed by atoms with Crippen LogP contribution in [-0.2, 0) is 0 Å². The molecule has 0 atom stereocenters. The Bertz CT molecular complexity index is 525. The summed E-state index contributed by atoms with van der Waals surface area (Å²) in [7, 11) is 0. The molecule has 3 rings (SSSR count). The van der Waals surface area contributed by atoms with E-state index in [0.29, 0.717) is 11.9 Å². The zero-order valence-electron chi connectivity index (χ0n) is 9.41. The molecule has 0 saturated heterocycles. The van der Waals surface area contributed by atoms with Crippen LogP contribution in [0.15, 0.2) is 24.3 Å². The van der Waals surface area contributed by atoms with Gasteiger partial charge in [0.2, 0.25) is 0 Å². The molecule has 0 aliphatic heterocycles. The van der Waals surface area contributed by atoms with Gasteiger partial charge in [-0.1, -0.05) is 17.2 Å². The number of hydrogen-bond donors (Lipinski definition) is 1. The van der Waals surface area contributed by atoms with Crippen LogP contribution in [0, 0.1) is 5.92 Å². The monoisotopic (exact) mass is 230 g/mol. The van der Waals surface area contributed by atoms with Gasteiger partial charge in [0.1, 0.15) is 11.6 Å². The SMILES string of the molecule is NCC1CC(Oc2nnc3ccccc3n2)C1. The van der Waals surface area contributed by atoms with Crippen LogP contribution in [-0.4, -0.2) is 27.8 Å². The topological polar surface area (TPSA) is 73.9 Å². The van der Waals surface area contributed by atoms with Crippen molar-refractivity contribution in [3.05, 3.63) is 24.3 Å². The number of aromatic nitrogens is 3. The number of rotatable bonds is 3. The van der Waals surface area contributed by atoms with Crippen molar-refractivity contribution in [2.24, 2.45) is 11.7 Å². The van der Waals surface area contributed by atoms with Gasteiger partial charge in [-0.25, -0.2) is 0 Å². The maximum atomic E-state index is 5.65. The van der Waals surface area contributed by atoms with E-state index in [0.717, 1.165) is 30.4 Å². The van der Waals surface area contributed by atoms with Crippen molar-refractivity contribution in [3.63, 3.8) is 0 Å². The van der Waals surface area contributed by atoms with Gasteiger partial charge in [0.15, 0.2) is 0 Å². The molecule has 5 heteroatoms. The van der Waals surface area contributed by atoms with E-state index in [-0.39, 0.29) is 6.10 Å². The first-order chi connectivity index (χ1) is 8.35. The quantitative estimate of drug-likeness (QED) is 0.855. The molecule has 1 fully saturated rings. The third kappa shape index (κ3) is 2.06. The van der Waals surface area contributed by atoms with E-state index in [2.05, 4.69) is 15.2 Å². The highest BCUT2D eigenvalue weighted by Gasteiger charge is 2.30. The molecule has 88 valence electrons. The molecule has 0 radical (unpaired) electrons. The largest absolute Gasteiger partial charge is 0.459 e.